The standard InChI is InChI=1S/C6H11NO3.ClH/c1-3-4-7(5(2)8)6(9)10;/h3-4H2,1-2H3,(H,9,10);1H. The van der Waals surface area contributed by atoms with Gasteiger partial charge in [0.2, 0.25) is 5.91 Å². The molecule has 0 aliphatic heterocycles. The molecule has 0 saturated carbocycles. The molecule has 1 N–H and O–H groups in total. The maximum Gasteiger partial charge on any atom is 0.414 e. The molecule has 0 aliphatic rings. The number of rotatable bonds is 2. The summed E-state index contributed by atoms with van der Waals surface area (Å²) in [7, 11) is 0. The quantitative estimate of drug-likeness (QED) is 0.700. The van der Waals surface area contributed by atoms with Gasteiger partial charge in [0.25, 0.3) is 0 Å². The zero-order valence-corrected chi connectivity index (χ0v) is 7.35. The van der Waals surface area contributed by atoms with Gasteiger partial charge in [0, 0.05) is 13.5 Å². The van der Waals surface area contributed by atoms with Crippen molar-refractivity contribution in [3.8, 4) is 0 Å². The van der Waals surface area contributed by atoms with Gasteiger partial charge in [-0.3, -0.25) is 4.79 Å². The number of hydrogen-bond donors (Lipinski definition) is 1. The molecule has 0 heterocycles. The van der Waals surface area contributed by atoms with E-state index in [1.165, 1.54) is 6.92 Å². The zero-order chi connectivity index (χ0) is 8.15. The maximum absolute atomic E-state index is 10.5. The number of halogens is 1. The number of hydrogen-bond acceptors (Lipinski definition) is 2. The maximum atomic E-state index is 10.5. The minimum Gasteiger partial charge on any atom is -0.465 e. The smallest absolute Gasteiger partial charge is 0.414 e. The molecule has 0 unspecified atom stereocenters. The normalized spacial score (nSPS) is 8.18. The summed E-state index contributed by atoms with van der Waals surface area (Å²) in [6.07, 6.45) is -0.513. The largest absolute Gasteiger partial charge is 0.465 e. The van der Waals surface area contributed by atoms with Crippen LogP contribution in [0.3, 0.4) is 0 Å². The van der Waals surface area contributed by atoms with Crippen molar-refractivity contribution in [2.24, 2.45) is 0 Å². The van der Waals surface area contributed by atoms with Crippen LogP contribution in [-0.2, 0) is 4.79 Å². The number of carboxylic acid groups (broad SMARTS) is 1. The molecule has 0 aliphatic carbocycles. The first kappa shape index (κ1) is 12.9. The van der Waals surface area contributed by atoms with Gasteiger partial charge in [0.1, 0.15) is 0 Å². The van der Waals surface area contributed by atoms with E-state index in [2.05, 4.69) is 0 Å². The second kappa shape index (κ2) is 5.97. The van der Waals surface area contributed by atoms with Crippen LogP contribution in [0.5, 0.6) is 0 Å². The van der Waals surface area contributed by atoms with E-state index in [9.17, 15) is 9.59 Å². The Morgan fingerprint density at radius 2 is 1.91 bits per heavy atom. The van der Waals surface area contributed by atoms with Gasteiger partial charge in [-0.2, -0.15) is 0 Å². The van der Waals surface area contributed by atoms with Crippen molar-refractivity contribution in [1.82, 2.24) is 4.90 Å². The molecule has 2 amide bonds. The third kappa shape index (κ3) is 4.61. The van der Waals surface area contributed by atoms with Crippen LogP contribution in [0.25, 0.3) is 0 Å². The molecule has 11 heavy (non-hydrogen) atoms. The van der Waals surface area contributed by atoms with Crippen LogP contribution in [-0.4, -0.2) is 28.6 Å². The van der Waals surface area contributed by atoms with Crippen molar-refractivity contribution in [1.29, 1.82) is 0 Å². The van der Waals surface area contributed by atoms with Crippen LogP contribution in [0.4, 0.5) is 4.79 Å². The van der Waals surface area contributed by atoms with Gasteiger partial charge in [-0.25, -0.2) is 9.69 Å². The lowest BCUT2D eigenvalue weighted by Gasteiger charge is -2.12. The van der Waals surface area contributed by atoms with Gasteiger partial charge >= 0.3 is 6.09 Å². The predicted molar refractivity (Wildman–Crippen MR) is 43.0 cm³/mol. The summed E-state index contributed by atoms with van der Waals surface area (Å²) in [6.45, 7) is 3.34. The first-order valence-corrected chi connectivity index (χ1v) is 3.10. The van der Waals surface area contributed by atoms with Crippen LogP contribution in [0.15, 0.2) is 0 Å². The van der Waals surface area contributed by atoms with Crippen molar-refractivity contribution in [3.05, 3.63) is 0 Å². The van der Waals surface area contributed by atoms with E-state index in [1.54, 1.807) is 0 Å². The monoisotopic (exact) mass is 181 g/mol. The fourth-order valence-electron chi connectivity index (χ4n) is 0.611. The van der Waals surface area contributed by atoms with Crippen LogP contribution < -0.4 is 0 Å². The van der Waals surface area contributed by atoms with Crippen LogP contribution in [0.1, 0.15) is 20.3 Å². The van der Waals surface area contributed by atoms with Crippen molar-refractivity contribution < 1.29 is 14.7 Å². The summed E-state index contributed by atoms with van der Waals surface area (Å²) in [6, 6.07) is 0. The average molecular weight is 182 g/mol. The van der Waals surface area contributed by atoms with Crippen molar-refractivity contribution in [3.63, 3.8) is 0 Å². The predicted octanol–water partition coefficient (Wildman–Crippen LogP) is 1.34. The Kier molecular flexibility index (Phi) is 6.99. The Hall–Kier alpha value is -0.770. The lowest BCUT2D eigenvalue weighted by molar-refractivity contribution is -0.126. The molecule has 5 heteroatoms. The molecule has 0 rings (SSSR count). The summed E-state index contributed by atoms with van der Waals surface area (Å²) in [5.74, 6) is -0.422. The van der Waals surface area contributed by atoms with E-state index in [0.717, 1.165) is 4.90 Å². The highest BCUT2D eigenvalue weighted by Crippen LogP contribution is 1.92. The van der Waals surface area contributed by atoms with E-state index in [4.69, 9.17) is 5.11 Å². The topological polar surface area (TPSA) is 57.6 Å². The Labute approximate surface area is 71.6 Å². The van der Waals surface area contributed by atoms with Crippen molar-refractivity contribution in [2.45, 2.75) is 20.3 Å². The minimum atomic E-state index is -1.17. The van der Waals surface area contributed by atoms with Crippen LogP contribution >= 0.6 is 12.4 Å². The zero-order valence-electron chi connectivity index (χ0n) is 6.53. The summed E-state index contributed by atoms with van der Waals surface area (Å²) in [5, 5.41) is 8.38. The molecule has 0 saturated heterocycles. The summed E-state index contributed by atoms with van der Waals surface area (Å²) >= 11 is 0. The molecular weight excluding hydrogens is 170 g/mol. The highest BCUT2D eigenvalue weighted by molar-refractivity contribution is 5.89. The average Bonchev–Trinajstić information content (AvgIpc) is 1.81. The third-order valence-electron chi connectivity index (χ3n) is 1.06. The number of nitrogens with zero attached hydrogens (tertiary/aromatic N) is 1. The van der Waals surface area contributed by atoms with Crippen molar-refractivity contribution >= 4 is 24.4 Å². The van der Waals surface area contributed by atoms with Gasteiger partial charge in [0.05, 0.1) is 0 Å². The second-order valence-electron chi connectivity index (χ2n) is 1.95. The lowest BCUT2D eigenvalue weighted by atomic mass is 10.4. The van der Waals surface area contributed by atoms with Crippen molar-refractivity contribution in [2.75, 3.05) is 6.54 Å². The lowest BCUT2D eigenvalue weighted by Crippen LogP contribution is -2.34. The number of imide groups is 1. The SMILES string of the molecule is CCCN(C(C)=O)C(=O)O.Cl. The number of amides is 2. The van der Waals surface area contributed by atoms with E-state index < -0.39 is 12.0 Å². The first-order chi connectivity index (χ1) is 4.59. The number of carbonyl (C=O) groups excluding carboxylic acids is 1. The van der Waals surface area contributed by atoms with Gasteiger partial charge in [-0.1, -0.05) is 6.92 Å². The van der Waals surface area contributed by atoms with E-state index >= 15 is 0 Å². The van der Waals surface area contributed by atoms with Crippen LogP contribution in [0, 0.1) is 0 Å². The summed E-state index contributed by atoms with van der Waals surface area (Å²) < 4.78 is 0. The molecule has 0 radical (unpaired) electrons. The van der Waals surface area contributed by atoms with E-state index in [0.29, 0.717) is 6.42 Å². The molecule has 0 aromatic rings. The van der Waals surface area contributed by atoms with Crippen LogP contribution in [0.2, 0.25) is 0 Å². The Bertz CT molecular complexity index is 135. The summed E-state index contributed by atoms with van der Waals surface area (Å²) in [5.41, 5.74) is 0. The second-order valence-corrected chi connectivity index (χ2v) is 1.95. The fourth-order valence-corrected chi connectivity index (χ4v) is 0.611. The molecule has 0 atom stereocenters. The highest BCUT2D eigenvalue weighted by atomic mass is 35.5. The van der Waals surface area contributed by atoms with Gasteiger partial charge in [0.15, 0.2) is 0 Å². The molecule has 0 bridgehead atoms. The highest BCUT2D eigenvalue weighted by Gasteiger charge is 2.13. The molecule has 0 fully saturated rings. The fraction of sp³-hybridized carbons (Fsp3) is 0.667. The first-order valence-electron chi connectivity index (χ1n) is 3.10. The Morgan fingerprint density at radius 3 is 2.00 bits per heavy atom. The van der Waals surface area contributed by atoms with E-state index in [1.807, 2.05) is 6.92 Å². The summed E-state index contributed by atoms with van der Waals surface area (Å²) in [4.78, 5) is 21.5. The molecule has 0 aromatic heterocycles. The Balaban J connectivity index is 0. The minimum absolute atomic E-state index is 0. The number of carbonyl (C=O) groups is 2. The van der Waals surface area contributed by atoms with E-state index in [-0.39, 0.29) is 19.0 Å². The molecule has 66 valence electrons. The molecule has 4 nitrogen and oxygen atoms in total. The Morgan fingerprint density at radius 1 is 1.45 bits per heavy atom. The molecule has 0 aromatic carbocycles. The van der Waals surface area contributed by atoms with Gasteiger partial charge in [-0.05, 0) is 6.42 Å². The third-order valence-corrected chi connectivity index (χ3v) is 1.06. The van der Waals surface area contributed by atoms with Gasteiger partial charge < -0.3 is 5.11 Å². The molecule has 0 spiro atoms. The molecular formula is C6H12ClNO3. The van der Waals surface area contributed by atoms with Gasteiger partial charge in [-0.15, -0.1) is 12.4 Å².